The molecule has 146 valence electrons. The molecular weight excluding hydrogens is 368 g/mol. The van der Waals surface area contributed by atoms with Gasteiger partial charge in [0, 0.05) is 24.7 Å². The Labute approximate surface area is 171 Å². The Morgan fingerprint density at radius 1 is 1.11 bits per heavy atom. The average Bonchev–Trinajstić information content (AvgIpc) is 3.33. The second kappa shape index (κ2) is 8.29. The SMILES string of the molecule is CCn1c(-c2ccccc2)nn(CN2CCC[C@H]2c2ccc(OC)cc2)c1=S. The van der Waals surface area contributed by atoms with Crippen LogP contribution in [0.3, 0.4) is 0 Å². The minimum atomic E-state index is 0.389. The predicted molar refractivity (Wildman–Crippen MR) is 114 cm³/mol. The molecule has 0 bridgehead atoms. The van der Waals surface area contributed by atoms with E-state index < -0.39 is 0 Å². The molecule has 28 heavy (non-hydrogen) atoms. The number of hydrogen-bond acceptors (Lipinski definition) is 4. The zero-order valence-electron chi connectivity index (χ0n) is 16.4. The monoisotopic (exact) mass is 394 g/mol. The van der Waals surface area contributed by atoms with E-state index in [0.29, 0.717) is 12.7 Å². The topological polar surface area (TPSA) is 35.2 Å². The number of nitrogens with zero attached hydrogens (tertiary/aromatic N) is 4. The van der Waals surface area contributed by atoms with Gasteiger partial charge in [-0.05, 0) is 49.7 Å². The van der Waals surface area contributed by atoms with Crippen molar-refractivity contribution < 1.29 is 4.74 Å². The third-order valence-corrected chi connectivity index (χ3v) is 5.88. The summed E-state index contributed by atoms with van der Waals surface area (Å²) < 4.78 is 10.2. The van der Waals surface area contributed by atoms with Crippen LogP contribution in [0.4, 0.5) is 0 Å². The van der Waals surface area contributed by atoms with E-state index >= 15 is 0 Å². The Hall–Kier alpha value is -2.44. The molecule has 0 amide bonds. The van der Waals surface area contributed by atoms with Crippen LogP contribution in [0.5, 0.6) is 5.75 Å². The number of ether oxygens (including phenoxy) is 1. The maximum atomic E-state index is 5.75. The normalized spacial score (nSPS) is 17.1. The first-order valence-electron chi connectivity index (χ1n) is 9.82. The van der Waals surface area contributed by atoms with Crippen molar-refractivity contribution in [1.82, 2.24) is 19.2 Å². The molecule has 5 nitrogen and oxygen atoms in total. The zero-order valence-corrected chi connectivity index (χ0v) is 17.2. The Morgan fingerprint density at radius 2 is 1.86 bits per heavy atom. The molecule has 1 fully saturated rings. The van der Waals surface area contributed by atoms with Crippen LogP contribution < -0.4 is 4.74 Å². The predicted octanol–water partition coefficient (Wildman–Crippen LogP) is 4.90. The standard InChI is InChI=1S/C22H26N4OS/c1-3-25-21(18-8-5-4-6-9-18)23-26(22(25)28)16-24-15-7-10-20(24)17-11-13-19(27-2)14-12-17/h4-6,8-9,11-14,20H,3,7,10,15-16H2,1-2H3/t20-/m0/s1. The summed E-state index contributed by atoms with van der Waals surface area (Å²) in [4.78, 5) is 2.47. The van der Waals surface area contributed by atoms with Crippen LogP contribution in [-0.2, 0) is 13.2 Å². The van der Waals surface area contributed by atoms with Crippen molar-refractivity contribution >= 4 is 12.2 Å². The molecular formula is C22H26N4OS. The van der Waals surface area contributed by atoms with Crippen LogP contribution in [0.15, 0.2) is 54.6 Å². The molecule has 0 aliphatic carbocycles. The van der Waals surface area contributed by atoms with E-state index in [4.69, 9.17) is 22.1 Å². The third-order valence-electron chi connectivity index (χ3n) is 5.45. The molecule has 1 aliphatic heterocycles. The fourth-order valence-corrected chi connectivity index (χ4v) is 4.30. The highest BCUT2D eigenvalue weighted by atomic mass is 32.1. The van der Waals surface area contributed by atoms with Crippen LogP contribution >= 0.6 is 12.2 Å². The van der Waals surface area contributed by atoms with Crippen molar-refractivity contribution in [2.75, 3.05) is 13.7 Å². The van der Waals surface area contributed by atoms with Gasteiger partial charge >= 0.3 is 0 Å². The van der Waals surface area contributed by atoms with Gasteiger partial charge in [-0.3, -0.25) is 4.90 Å². The van der Waals surface area contributed by atoms with E-state index in [1.807, 2.05) is 35.0 Å². The van der Waals surface area contributed by atoms with Gasteiger partial charge in [-0.15, -0.1) is 0 Å². The summed E-state index contributed by atoms with van der Waals surface area (Å²) in [6.45, 7) is 4.69. The lowest BCUT2D eigenvalue weighted by atomic mass is 10.0. The molecule has 0 radical (unpaired) electrons. The van der Waals surface area contributed by atoms with Gasteiger partial charge in [0.05, 0.1) is 13.8 Å². The molecule has 2 heterocycles. The van der Waals surface area contributed by atoms with Gasteiger partial charge in [0.25, 0.3) is 0 Å². The van der Waals surface area contributed by atoms with Crippen LogP contribution in [-0.4, -0.2) is 32.9 Å². The van der Waals surface area contributed by atoms with Crippen molar-refractivity contribution in [1.29, 1.82) is 0 Å². The summed E-state index contributed by atoms with van der Waals surface area (Å²) in [6.07, 6.45) is 2.34. The van der Waals surface area contributed by atoms with Gasteiger partial charge < -0.3 is 9.30 Å². The van der Waals surface area contributed by atoms with Crippen molar-refractivity contribution in [2.24, 2.45) is 0 Å². The van der Waals surface area contributed by atoms with Gasteiger partial charge in [0.15, 0.2) is 10.6 Å². The van der Waals surface area contributed by atoms with Crippen molar-refractivity contribution in [2.45, 2.75) is 39.0 Å². The first-order chi connectivity index (χ1) is 13.7. The molecule has 0 saturated carbocycles. The van der Waals surface area contributed by atoms with Gasteiger partial charge in [-0.1, -0.05) is 42.5 Å². The number of methoxy groups -OCH3 is 1. The second-order valence-corrected chi connectivity index (χ2v) is 7.47. The highest BCUT2D eigenvalue weighted by Crippen LogP contribution is 2.33. The van der Waals surface area contributed by atoms with Crippen LogP contribution in [0, 0.1) is 4.77 Å². The Kier molecular flexibility index (Phi) is 5.59. The maximum absolute atomic E-state index is 5.75. The highest BCUT2D eigenvalue weighted by molar-refractivity contribution is 7.71. The lowest BCUT2D eigenvalue weighted by molar-refractivity contribution is 0.189. The molecule has 1 aromatic heterocycles. The minimum Gasteiger partial charge on any atom is -0.497 e. The summed E-state index contributed by atoms with van der Waals surface area (Å²) >= 11 is 5.75. The molecule has 4 rings (SSSR count). The van der Waals surface area contributed by atoms with E-state index in [9.17, 15) is 0 Å². The molecule has 0 unspecified atom stereocenters. The average molecular weight is 395 g/mol. The van der Waals surface area contributed by atoms with E-state index in [2.05, 4.69) is 40.7 Å². The summed E-state index contributed by atoms with van der Waals surface area (Å²) in [7, 11) is 1.70. The van der Waals surface area contributed by atoms with Crippen molar-refractivity contribution in [3.05, 3.63) is 64.9 Å². The molecule has 3 aromatic rings. The van der Waals surface area contributed by atoms with Crippen LogP contribution in [0.1, 0.15) is 31.4 Å². The first kappa shape index (κ1) is 18.9. The van der Waals surface area contributed by atoms with Crippen LogP contribution in [0.25, 0.3) is 11.4 Å². The Balaban J connectivity index is 1.61. The largest absolute Gasteiger partial charge is 0.497 e. The number of likely N-dealkylation sites (tertiary alicyclic amines) is 1. The summed E-state index contributed by atoms with van der Waals surface area (Å²) in [6, 6.07) is 19.1. The molecule has 1 aliphatic rings. The number of aromatic nitrogens is 3. The molecule has 1 saturated heterocycles. The van der Waals surface area contributed by atoms with E-state index in [0.717, 1.165) is 41.4 Å². The molecule has 6 heteroatoms. The molecule has 0 spiro atoms. The van der Waals surface area contributed by atoms with Gasteiger partial charge in [0.2, 0.25) is 0 Å². The third kappa shape index (κ3) is 3.62. The molecule has 1 atom stereocenters. The van der Waals surface area contributed by atoms with Gasteiger partial charge in [0.1, 0.15) is 5.75 Å². The minimum absolute atomic E-state index is 0.389. The quantitative estimate of drug-likeness (QED) is 0.557. The van der Waals surface area contributed by atoms with E-state index in [1.165, 1.54) is 12.0 Å². The number of benzene rings is 2. The Morgan fingerprint density at radius 3 is 2.54 bits per heavy atom. The van der Waals surface area contributed by atoms with Crippen molar-refractivity contribution in [3.8, 4) is 17.1 Å². The fraction of sp³-hybridized carbons (Fsp3) is 0.364. The number of hydrogen-bond donors (Lipinski definition) is 0. The molecule has 2 aromatic carbocycles. The van der Waals surface area contributed by atoms with Gasteiger partial charge in [-0.2, -0.15) is 5.10 Å². The van der Waals surface area contributed by atoms with Crippen molar-refractivity contribution in [3.63, 3.8) is 0 Å². The highest BCUT2D eigenvalue weighted by Gasteiger charge is 2.27. The smallest absolute Gasteiger partial charge is 0.199 e. The van der Waals surface area contributed by atoms with E-state index in [-0.39, 0.29) is 0 Å². The zero-order chi connectivity index (χ0) is 19.5. The van der Waals surface area contributed by atoms with Crippen LogP contribution in [0.2, 0.25) is 0 Å². The summed E-state index contributed by atoms with van der Waals surface area (Å²) in [5.41, 5.74) is 2.42. The van der Waals surface area contributed by atoms with Gasteiger partial charge in [-0.25, -0.2) is 4.68 Å². The fourth-order valence-electron chi connectivity index (χ4n) is 3.99. The summed E-state index contributed by atoms with van der Waals surface area (Å²) in [5.74, 6) is 1.83. The lowest BCUT2D eigenvalue weighted by Crippen LogP contribution is -2.27. The summed E-state index contributed by atoms with van der Waals surface area (Å²) in [5, 5.41) is 4.88. The molecule has 0 N–H and O–H groups in total. The van der Waals surface area contributed by atoms with E-state index in [1.54, 1.807) is 7.11 Å². The Bertz CT molecular complexity index is 978. The first-order valence-corrected chi connectivity index (χ1v) is 10.2. The number of rotatable bonds is 6. The second-order valence-electron chi connectivity index (χ2n) is 7.10. The lowest BCUT2D eigenvalue weighted by Gasteiger charge is -2.24. The maximum Gasteiger partial charge on any atom is 0.199 e.